The molecular weight excluding hydrogens is 190 g/mol. The third-order valence-corrected chi connectivity index (χ3v) is 2.33. The highest BCUT2D eigenvalue weighted by Crippen LogP contribution is 2.13. The van der Waals surface area contributed by atoms with E-state index in [-0.39, 0.29) is 24.2 Å². The van der Waals surface area contributed by atoms with Crippen LogP contribution in [0.15, 0.2) is 12.2 Å². The molecule has 1 rings (SSSR count). The summed E-state index contributed by atoms with van der Waals surface area (Å²) in [6.07, 6.45) is 1.59. The largest absolute Gasteiger partial charge is 0.278 e. The minimum Gasteiger partial charge on any atom is -0.278 e. The molecule has 1 heterocycles. The number of imide groups is 1. The molecule has 72 valence electrons. The first kappa shape index (κ1) is 10.3. The molecule has 3 nitrogen and oxygen atoms in total. The Kier molecular flexibility index (Phi) is 3.48. The Balaban J connectivity index is 2.59. The van der Waals surface area contributed by atoms with Gasteiger partial charge < -0.3 is 0 Å². The average Bonchev–Trinajstić information content (AvgIpc) is 2.11. The van der Waals surface area contributed by atoms with E-state index in [1.54, 1.807) is 0 Å². The number of hydrogen-bond acceptors (Lipinski definition) is 2. The van der Waals surface area contributed by atoms with Crippen molar-refractivity contribution >= 4 is 23.4 Å². The van der Waals surface area contributed by atoms with E-state index in [2.05, 4.69) is 6.58 Å². The van der Waals surface area contributed by atoms with Gasteiger partial charge in [0.05, 0.1) is 6.54 Å². The summed E-state index contributed by atoms with van der Waals surface area (Å²) in [7, 11) is 0. The van der Waals surface area contributed by atoms with Crippen molar-refractivity contribution in [3.63, 3.8) is 0 Å². The van der Waals surface area contributed by atoms with E-state index in [0.717, 1.165) is 0 Å². The van der Waals surface area contributed by atoms with Crippen LogP contribution in [0.4, 0.5) is 0 Å². The van der Waals surface area contributed by atoms with Gasteiger partial charge in [0, 0.05) is 18.7 Å². The Morgan fingerprint density at radius 3 is 2.38 bits per heavy atom. The number of carbonyl (C=O) groups excluding carboxylic acids is 2. The van der Waals surface area contributed by atoms with Gasteiger partial charge in [0.1, 0.15) is 0 Å². The van der Waals surface area contributed by atoms with Crippen LogP contribution >= 0.6 is 11.6 Å². The molecule has 0 aliphatic carbocycles. The lowest BCUT2D eigenvalue weighted by Gasteiger charge is -2.25. The van der Waals surface area contributed by atoms with Gasteiger partial charge in [-0.1, -0.05) is 6.58 Å². The molecule has 0 aromatic carbocycles. The van der Waals surface area contributed by atoms with Crippen molar-refractivity contribution in [2.24, 2.45) is 0 Å². The Hall–Kier alpha value is -0.830. The lowest BCUT2D eigenvalue weighted by Crippen LogP contribution is -2.41. The van der Waals surface area contributed by atoms with Crippen molar-refractivity contribution in [1.82, 2.24) is 4.90 Å². The van der Waals surface area contributed by atoms with Crippen molar-refractivity contribution in [3.05, 3.63) is 12.2 Å². The van der Waals surface area contributed by atoms with Crippen LogP contribution < -0.4 is 0 Å². The smallest absolute Gasteiger partial charge is 0.229 e. The van der Waals surface area contributed by atoms with E-state index in [4.69, 9.17) is 11.6 Å². The SMILES string of the molecule is C=C(CCl)CN1C(=O)CCCC1=O. The third kappa shape index (κ3) is 2.56. The van der Waals surface area contributed by atoms with E-state index >= 15 is 0 Å². The lowest BCUT2D eigenvalue weighted by atomic mass is 10.1. The Bertz CT molecular complexity index is 234. The van der Waals surface area contributed by atoms with Gasteiger partial charge in [0.25, 0.3) is 0 Å². The van der Waals surface area contributed by atoms with Crippen LogP contribution in [-0.4, -0.2) is 29.1 Å². The summed E-state index contributed by atoms with van der Waals surface area (Å²) in [5, 5.41) is 0. The van der Waals surface area contributed by atoms with Gasteiger partial charge in [-0.3, -0.25) is 14.5 Å². The zero-order valence-electron chi connectivity index (χ0n) is 7.38. The van der Waals surface area contributed by atoms with Gasteiger partial charge in [0.2, 0.25) is 11.8 Å². The van der Waals surface area contributed by atoms with E-state index in [0.29, 0.717) is 24.8 Å². The van der Waals surface area contributed by atoms with Gasteiger partial charge in [-0.05, 0) is 12.0 Å². The standard InChI is InChI=1S/C9H12ClNO2/c1-7(5-10)6-11-8(12)3-2-4-9(11)13/h1-6H2. The summed E-state index contributed by atoms with van der Waals surface area (Å²) in [6.45, 7) is 3.94. The maximum absolute atomic E-state index is 11.3. The number of piperidine rings is 1. The number of halogens is 1. The van der Waals surface area contributed by atoms with Crippen molar-refractivity contribution in [2.45, 2.75) is 19.3 Å². The number of nitrogens with zero attached hydrogens (tertiary/aromatic N) is 1. The van der Waals surface area contributed by atoms with Crippen LogP contribution in [0.2, 0.25) is 0 Å². The topological polar surface area (TPSA) is 37.4 Å². The molecule has 0 saturated carbocycles. The molecule has 0 bridgehead atoms. The Labute approximate surface area is 82.3 Å². The first-order valence-corrected chi connectivity index (χ1v) is 4.74. The van der Waals surface area contributed by atoms with Crippen LogP contribution in [0.5, 0.6) is 0 Å². The molecule has 1 saturated heterocycles. The number of likely N-dealkylation sites (tertiary alicyclic amines) is 1. The second-order valence-corrected chi connectivity index (χ2v) is 3.38. The zero-order valence-corrected chi connectivity index (χ0v) is 8.14. The molecule has 1 aliphatic heterocycles. The van der Waals surface area contributed by atoms with Crippen molar-refractivity contribution < 1.29 is 9.59 Å². The fourth-order valence-corrected chi connectivity index (χ4v) is 1.33. The number of rotatable bonds is 3. The highest BCUT2D eigenvalue weighted by molar-refractivity contribution is 6.19. The van der Waals surface area contributed by atoms with Crippen LogP contribution in [0, 0.1) is 0 Å². The molecule has 1 aliphatic rings. The molecule has 0 aromatic heterocycles. The summed E-state index contributed by atoms with van der Waals surface area (Å²) >= 11 is 5.52. The number of carbonyl (C=O) groups is 2. The molecule has 0 atom stereocenters. The van der Waals surface area contributed by atoms with E-state index < -0.39 is 0 Å². The van der Waals surface area contributed by atoms with Gasteiger partial charge in [0.15, 0.2) is 0 Å². The van der Waals surface area contributed by atoms with E-state index in [1.165, 1.54) is 4.90 Å². The maximum atomic E-state index is 11.3. The van der Waals surface area contributed by atoms with Crippen molar-refractivity contribution in [3.8, 4) is 0 Å². The highest BCUT2D eigenvalue weighted by atomic mass is 35.5. The second-order valence-electron chi connectivity index (χ2n) is 3.11. The monoisotopic (exact) mass is 201 g/mol. The Morgan fingerprint density at radius 1 is 1.38 bits per heavy atom. The predicted octanol–water partition coefficient (Wildman–Crippen LogP) is 1.32. The average molecular weight is 202 g/mol. The molecule has 4 heteroatoms. The van der Waals surface area contributed by atoms with Crippen LogP contribution in [0.1, 0.15) is 19.3 Å². The van der Waals surface area contributed by atoms with E-state index in [9.17, 15) is 9.59 Å². The minimum atomic E-state index is -0.109. The molecule has 2 amide bonds. The molecule has 13 heavy (non-hydrogen) atoms. The Morgan fingerprint density at radius 2 is 1.92 bits per heavy atom. The molecular formula is C9H12ClNO2. The second kappa shape index (κ2) is 4.42. The van der Waals surface area contributed by atoms with Crippen LogP contribution in [0.3, 0.4) is 0 Å². The van der Waals surface area contributed by atoms with E-state index in [1.807, 2.05) is 0 Å². The molecule has 0 N–H and O–H groups in total. The molecule has 1 fully saturated rings. The fraction of sp³-hybridized carbons (Fsp3) is 0.556. The summed E-state index contributed by atoms with van der Waals surface area (Å²) in [5.74, 6) is 0.0712. The minimum absolute atomic E-state index is 0.109. The molecule has 0 aromatic rings. The zero-order chi connectivity index (χ0) is 9.84. The van der Waals surface area contributed by atoms with Crippen LogP contribution in [0.25, 0.3) is 0 Å². The summed E-state index contributed by atoms with van der Waals surface area (Å²) < 4.78 is 0. The first-order valence-electron chi connectivity index (χ1n) is 4.21. The summed E-state index contributed by atoms with van der Waals surface area (Å²) in [5.41, 5.74) is 0.699. The van der Waals surface area contributed by atoms with Crippen molar-refractivity contribution in [1.29, 1.82) is 0 Å². The van der Waals surface area contributed by atoms with Gasteiger partial charge in [-0.15, -0.1) is 11.6 Å². The van der Waals surface area contributed by atoms with Gasteiger partial charge >= 0.3 is 0 Å². The molecule has 0 spiro atoms. The van der Waals surface area contributed by atoms with Gasteiger partial charge in [-0.25, -0.2) is 0 Å². The molecule has 0 radical (unpaired) electrons. The molecule has 0 unspecified atom stereocenters. The number of hydrogen-bond donors (Lipinski definition) is 0. The first-order chi connectivity index (χ1) is 6.15. The van der Waals surface area contributed by atoms with Crippen molar-refractivity contribution in [2.75, 3.05) is 12.4 Å². The normalized spacial score (nSPS) is 17.8. The van der Waals surface area contributed by atoms with Gasteiger partial charge in [-0.2, -0.15) is 0 Å². The number of amides is 2. The lowest BCUT2D eigenvalue weighted by molar-refractivity contribution is -0.147. The highest BCUT2D eigenvalue weighted by Gasteiger charge is 2.25. The quantitative estimate of drug-likeness (QED) is 0.392. The maximum Gasteiger partial charge on any atom is 0.229 e. The summed E-state index contributed by atoms with van der Waals surface area (Å²) in [6, 6.07) is 0. The third-order valence-electron chi connectivity index (χ3n) is 1.95. The van der Waals surface area contributed by atoms with Crippen LogP contribution in [-0.2, 0) is 9.59 Å². The number of alkyl halides is 1. The predicted molar refractivity (Wildman–Crippen MR) is 50.4 cm³/mol. The summed E-state index contributed by atoms with van der Waals surface area (Å²) in [4.78, 5) is 23.8. The fourth-order valence-electron chi connectivity index (χ4n) is 1.24.